The lowest BCUT2D eigenvalue weighted by molar-refractivity contribution is 0.0701. The predicted octanol–water partition coefficient (Wildman–Crippen LogP) is 0.145. The van der Waals surface area contributed by atoms with E-state index >= 15 is 0 Å². The molecule has 0 aliphatic carbocycles. The number of aromatic nitrogens is 1. The first-order valence-electron chi connectivity index (χ1n) is 2.51. The molecule has 0 bridgehead atoms. The average molecular weight is 159 g/mol. The van der Waals surface area contributed by atoms with Crippen LogP contribution in [0.2, 0.25) is 0 Å². The Morgan fingerprint density at radius 1 is 1.80 bits per heavy atom. The van der Waals surface area contributed by atoms with Crippen LogP contribution in [0.3, 0.4) is 0 Å². The maximum Gasteiger partial charge on any atom is 0.347 e. The lowest BCUT2D eigenvalue weighted by Gasteiger charge is -1.81. The molecule has 0 atom stereocenters. The van der Waals surface area contributed by atoms with Crippen molar-refractivity contribution in [3.8, 4) is 0 Å². The molecule has 0 spiro atoms. The van der Waals surface area contributed by atoms with Gasteiger partial charge in [0.25, 0.3) is 0 Å². The zero-order valence-corrected chi connectivity index (χ0v) is 6.01. The van der Waals surface area contributed by atoms with Gasteiger partial charge in [-0.05, 0) is 0 Å². The van der Waals surface area contributed by atoms with Crippen LogP contribution in [-0.2, 0) is 7.05 Å². The molecule has 0 unspecified atom stereocenters. The first kappa shape index (κ1) is 7.01. The largest absolute Gasteiger partial charge is 0.477 e. The average Bonchev–Trinajstić information content (AvgIpc) is 2.13. The van der Waals surface area contributed by atoms with Crippen LogP contribution in [0.25, 0.3) is 0 Å². The minimum absolute atomic E-state index is 0.0764. The molecule has 5 heteroatoms. The molecule has 0 amide bonds. The summed E-state index contributed by atoms with van der Waals surface area (Å²) in [5, 5.41) is 8.38. The molecule has 1 aromatic rings. The first-order valence-corrected chi connectivity index (χ1v) is 3.32. The smallest absolute Gasteiger partial charge is 0.347 e. The Balaban J connectivity index is 3.23. The summed E-state index contributed by atoms with van der Waals surface area (Å²) in [4.78, 5) is 20.7. The Morgan fingerprint density at radius 2 is 2.40 bits per heavy atom. The third-order valence-corrected chi connectivity index (χ3v) is 1.97. The number of hydrogen-bond acceptors (Lipinski definition) is 3. The zero-order chi connectivity index (χ0) is 7.72. The van der Waals surface area contributed by atoms with Gasteiger partial charge in [0.05, 0.1) is 0 Å². The van der Waals surface area contributed by atoms with Crippen LogP contribution in [0.5, 0.6) is 0 Å². The second kappa shape index (κ2) is 2.26. The van der Waals surface area contributed by atoms with Gasteiger partial charge in [-0.3, -0.25) is 4.79 Å². The summed E-state index contributed by atoms with van der Waals surface area (Å²) in [5.74, 6) is -1.05. The van der Waals surface area contributed by atoms with Gasteiger partial charge in [0, 0.05) is 13.2 Å². The number of carbonyl (C=O) groups is 1. The molecular formula is C5H5NO3S. The van der Waals surface area contributed by atoms with E-state index in [9.17, 15) is 9.59 Å². The van der Waals surface area contributed by atoms with Gasteiger partial charge in [0.15, 0.2) is 0 Å². The molecule has 0 aliphatic rings. The van der Waals surface area contributed by atoms with Crippen molar-refractivity contribution in [3.63, 3.8) is 0 Å². The second-order valence-electron chi connectivity index (χ2n) is 1.78. The van der Waals surface area contributed by atoms with Crippen LogP contribution in [0, 0.1) is 0 Å². The number of thiazole rings is 1. The van der Waals surface area contributed by atoms with Gasteiger partial charge >= 0.3 is 10.8 Å². The highest BCUT2D eigenvalue weighted by Crippen LogP contribution is 2.00. The van der Waals surface area contributed by atoms with Crippen molar-refractivity contribution < 1.29 is 9.90 Å². The number of carboxylic acid groups (broad SMARTS) is 1. The van der Waals surface area contributed by atoms with Gasteiger partial charge in [-0.25, -0.2) is 4.79 Å². The third kappa shape index (κ3) is 1.08. The molecule has 0 aliphatic heterocycles. The van der Waals surface area contributed by atoms with Gasteiger partial charge in [-0.2, -0.15) is 0 Å². The van der Waals surface area contributed by atoms with Crippen LogP contribution in [0.4, 0.5) is 0 Å². The van der Waals surface area contributed by atoms with Crippen molar-refractivity contribution in [2.75, 3.05) is 0 Å². The summed E-state index contributed by atoms with van der Waals surface area (Å²) in [5.41, 5.74) is 0. The van der Waals surface area contributed by atoms with Gasteiger partial charge in [-0.1, -0.05) is 11.3 Å². The number of aromatic carboxylic acids is 1. The first-order chi connectivity index (χ1) is 4.61. The van der Waals surface area contributed by atoms with E-state index in [1.165, 1.54) is 17.8 Å². The number of nitrogens with zero attached hydrogens (tertiary/aromatic N) is 1. The van der Waals surface area contributed by atoms with Gasteiger partial charge < -0.3 is 9.67 Å². The monoisotopic (exact) mass is 159 g/mol. The Morgan fingerprint density at radius 3 is 2.60 bits per heavy atom. The summed E-state index contributed by atoms with van der Waals surface area (Å²) in [7, 11) is 1.52. The van der Waals surface area contributed by atoms with Crippen molar-refractivity contribution in [1.29, 1.82) is 0 Å². The normalized spacial score (nSPS) is 9.70. The fraction of sp³-hybridized carbons (Fsp3) is 0.200. The number of carboxylic acids is 1. The Hall–Kier alpha value is -1.10. The summed E-state index contributed by atoms with van der Waals surface area (Å²) in [6, 6.07) is 0. The van der Waals surface area contributed by atoms with Crippen molar-refractivity contribution in [1.82, 2.24) is 4.57 Å². The molecule has 1 rings (SSSR count). The molecule has 0 radical (unpaired) electrons. The molecule has 0 saturated carbocycles. The highest BCUT2D eigenvalue weighted by molar-refractivity contribution is 7.11. The van der Waals surface area contributed by atoms with Crippen LogP contribution in [0.1, 0.15) is 9.67 Å². The SMILES string of the molecule is Cn1cc(C(=O)O)sc1=O. The second-order valence-corrected chi connectivity index (χ2v) is 2.77. The molecule has 10 heavy (non-hydrogen) atoms. The topological polar surface area (TPSA) is 59.3 Å². The van der Waals surface area contributed by atoms with E-state index in [0.717, 1.165) is 11.3 Å². The lowest BCUT2D eigenvalue weighted by Crippen LogP contribution is -2.04. The van der Waals surface area contributed by atoms with E-state index < -0.39 is 5.97 Å². The Kier molecular flexibility index (Phi) is 1.58. The minimum atomic E-state index is -1.05. The summed E-state index contributed by atoms with van der Waals surface area (Å²) >= 11 is 0.730. The molecule has 0 saturated heterocycles. The van der Waals surface area contributed by atoms with E-state index in [4.69, 9.17) is 5.11 Å². The molecule has 1 aromatic heterocycles. The quantitative estimate of drug-likeness (QED) is 0.634. The summed E-state index contributed by atoms with van der Waals surface area (Å²) in [6.07, 6.45) is 1.30. The van der Waals surface area contributed by atoms with Crippen molar-refractivity contribution in [2.24, 2.45) is 7.05 Å². The van der Waals surface area contributed by atoms with Crippen molar-refractivity contribution in [2.45, 2.75) is 0 Å². The van der Waals surface area contributed by atoms with Gasteiger partial charge in [-0.15, -0.1) is 0 Å². The van der Waals surface area contributed by atoms with Crippen LogP contribution in [-0.4, -0.2) is 15.6 Å². The number of hydrogen-bond donors (Lipinski definition) is 1. The van der Waals surface area contributed by atoms with Gasteiger partial charge in [0.2, 0.25) is 0 Å². The number of aryl methyl sites for hydroxylation is 1. The molecular weight excluding hydrogens is 154 g/mol. The maximum absolute atomic E-state index is 10.7. The summed E-state index contributed by atoms with van der Waals surface area (Å²) < 4.78 is 1.24. The van der Waals surface area contributed by atoms with Crippen LogP contribution < -0.4 is 4.87 Å². The molecule has 1 N–H and O–H groups in total. The van der Waals surface area contributed by atoms with E-state index in [-0.39, 0.29) is 9.75 Å². The molecule has 0 fully saturated rings. The fourth-order valence-electron chi connectivity index (χ4n) is 0.520. The predicted molar refractivity (Wildman–Crippen MR) is 36.5 cm³/mol. The van der Waals surface area contributed by atoms with E-state index in [1.807, 2.05) is 0 Å². The van der Waals surface area contributed by atoms with Gasteiger partial charge in [0.1, 0.15) is 4.88 Å². The summed E-state index contributed by atoms with van der Waals surface area (Å²) in [6.45, 7) is 0. The molecule has 1 heterocycles. The highest BCUT2D eigenvalue weighted by atomic mass is 32.1. The Labute approximate surface area is 60.3 Å². The van der Waals surface area contributed by atoms with Crippen LogP contribution >= 0.6 is 11.3 Å². The van der Waals surface area contributed by atoms with Crippen LogP contribution in [0.15, 0.2) is 11.0 Å². The van der Waals surface area contributed by atoms with E-state index in [1.54, 1.807) is 0 Å². The highest BCUT2D eigenvalue weighted by Gasteiger charge is 2.06. The number of rotatable bonds is 1. The van der Waals surface area contributed by atoms with Crippen molar-refractivity contribution >= 4 is 17.3 Å². The third-order valence-electron chi connectivity index (χ3n) is 1.01. The Bertz CT molecular complexity index is 311. The zero-order valence-electron chi connectivity index (χ0n) is 5.20. The molecule has 54 valence electrons. The fourth-order valence-corrected chi connectivity index (χ4v) is 1.20. The van der Waals surface area contributed by atoms with Crippen molar-refractivity contribution in [3.05, 3.63) is 20.7 Å². The van der Waals surface area contributed by atoms with E-state index in [2.05, 4.69) is 0 Å². The maximum atomic E-state index is 10.7. The molecule has 4 nitrogen and oxygen atoms in total. The minimum Gasteiger partial charge on any atom is -0.477 e. The lowest BCUT2D eigenvalue weighted by atomic mass is 10.6. The standard InChI is InChI=1S/C5H5NO3S/c1-6-2-3(4(7)8)10-5(6)9/h2H,1H3,(H,7,8). The van der Waals surface area contributed by atoms with E-state index in [0.29, 0.717) is 0 Å². The molecule has 0 aromatic carbocycles.